The number of hydrogen-bond acceptors (Lipinski definition) is 7. The number of methoxy groups -OCH3 is 1. The van der Waals surface area contributed by atoms with Crippen molar-refractivity contribution in [1.29, 1.82) is 0 Å². The molecule has 250 valence electrons. The normalized spacial score (nSPS) is 14.0. The van der Waals surface area contributed by atoms with Crippen LogP contribution < -0.4 is 10.1 Å². The van der Waals surface area contributed by atoms with Gasteiger partial charge in [0.25, 0.3) is 0 Å². The van der Waals surface area contributed by atoms with Gasteiger partial charge in [0, 0.05) is 13.1 Å². The number of rotatable bonds is 17. The Morgan fingerprint density at radius 2 is 1.46 bits per heavy atom. The van der Waals surface area contributed by atoms with E-state index >= 15 is 0 Å². The zero-order valence-corrected chi connectivity index (χ0v) is 28.5. The SMILES string of the molecule is COc1ccc(S(=O)(=O)N(CCC(C)C)C[C@@H](O)[C@H](Cc2ccccc2)NC(=O)C(C)C(C)(C)C(=O)OCc2ccccc2)cc1. The summed E-state index contributed by atoms with van der Waals surface area (Å²) in [6.07, 6.45) is -0.432. The van der Waals surface area contributed by atoms with Gasteiger partial charge in [0.05, 0.1) is 35.5 Å². The Bertz CT molecular complexity index is 1490. The summed E-state index contributed by atoms with van der Waals surface area (Å²) in [5, 5.41) is 14.6. The molecule has 0 saturated carbocycles. The highest BCUT2D eigenvalue weighted by Crippen LogP contribution is 2.29. The molecule has 0 fully saturated rings. The van der Waals surface area contributed by atoms with E-state index in [9.17, 15) is 23.1 Å². The van der Waals surface area contributed by atoms with Crippen LogP contribution in [0.5, 0.6) is 5.75 Å². The minimum absolute atomic E-state index is 0.0808. The number of hydrogen-bond donors (Lipinski definition) is 2. The predicted molar refractivity (Wildman–Crippen MR) is 178 cm³/mol. The van der Waals surface area contributed by atoms with Gasteiger partial charge in [-0.05, 0) is 68.0 Å². The van der Waals surface area contributed by atoms with E-state index in [1.807, 2.05) is 74.5 Å². The van der Waals surface area contributed by atoms with Gasteiger partial charge in [-0.25, -0.2) is 8.42 Å². The highest BCUT2D eigenvalue weighted by Gasteiger charge is 2.41. The summed E-state index contributed by atoms with van der Waals surface area (Å²) in [7, 11) is -2.48. The molecule has 0 bridgehead atoms. The molecule has 0 radical (unpaired) electrons. The minimum Gasteiger partial charge on any atom is -0.497 e. The van der Waals surface area contributed by atoms with Crippen molar-refractivity contribution in [3.8, 4) is 5.75 Å². The van der Waals surface area contributed by atoms with E-state index in [-0.39, 0.29) is 36.9 Å². The summed E-state index contributed by atoms with van der Waals surface area (Å²) in [6.45, 7) is 8.99. The molecule has 3 rings (SSSR count). The van der Waals surface area contributed by atoms with Crippen LogP contribution in [0.25, 0.3) is 0 Å². The summed E-state index contributed by atoms with van der Waals surface area (Å²) in [5.41, 5.74) is 0.511. The monoisotopic (exact) mass is 652 g/mol. The van der Waals surface area contributed by atoms with Gasteiger partial charge in [0.2, 0.25) is 15.9 Å². The molecule has 1 amide bonds. The second-order valence-corrected chi connectivity index (χ2v) is 14.5. The Kier molecular flexibility index (Phi) is 13.4. The largest absolute Gasteiger partial charge is 0.497 e. The number of aliphatic hydroxyl groups excluding tert-OH is 1. The van der Waals surface area contributed by atoms with Crippen molar-refractivity contribution in [2.75, 3.05) is 20.2 Å². The molecular formula is C36H48N2O7S. The van der Waals surface area contributed by atoms with Crippen LogP contribution in [-0.4, -0.2) is 62.1 Å². The second kappa shape index (κ2) is 16.7. The van der Waals surface area contributed by atoms with E-state index in [1.165, 1.54) is 23.5 Å². The third-order valence-electron chi connectivity index (χ3n) is 8.35. The molecule has 0 saturated heterocycles. The molecule has 46 heavy (non-hydrogen) atoms. The number of nitrogens with zero attached hydrogens (tertiary/aromatic N) is 1. The van der Waals surface area contributed by atoms with Gasteiger partial charge in [-0.1, -0.05) is 81.4 Å². The van der Waals surface area contributed by atoms with Crippen molar-refractivity contribution in [3.63, 3.8) is 0 Å². The van der Waals surface area contributed by atoms with Gasteiger partial charge in [0.15, 0.2) is 0 Å². The van der Waals surface area contributed by atoms with Crippen LogP contribution in [0.1, 0.15) is 52.2 Å². The molecule has 0 aliphatic rings. The lowest BCUT2D eigenvalue weighted by atomic mass is 9.79. The molecule has 3 aromatic rings. The van der Waals surface area contributed by atoms with Crippen LogP contribution in [0.4, 0.5) is 0 Å². The van der Waals surface area contributed by atoms with E-state index < -0.39 is 45.4 Å². The van der Waals surface area contributed by atoms with Gasteiger partial charge in [-0.15, -0.1) is 0 Å². The molecule has 10 heteroatoms. The first-order chi connectivity index (χ1) is 21.7. The maximum atomic E-state index is 13.8. The standard InChI is InChI=1S/C36H48N2O7S/c1-26(2)21-22-38(46(42,43)31-19-17-30(44-6)18-20-31)24-33(39)32(23-28-13-9-7-10-14-28)37-34(40)27(3)36(4,5)35(41)45-25-29-15-11-8-12-16-29/h7-20,26-27,32-33,39H,21-25H2,1-6H3,(H,37,40)/t27?,32-,33+/m0/s1. The Hall–Kier alpha value is -3.73. The first-order valence-electron chi connectivity index (χ1n) is 15.6. The lowest BCUT2D eigenvalue weighted by Crippen LogP contribution is -2.53. The molecule has 3 atom stereocenters. The van der Waals surface area contributed by atoms with Crippen molar-refractivity contribution in [2.45, 2.75) is 71.1 Å². The van der Waals surface area contributed by atoms with Gasteiger partial charge < -0.3 is 19.9 Å². The number of ether oxygens (including phenoxy) is 2. The Labute approximate surface area is 274 Å². The third-order valence-corrected chi connectivity index (χ3v) is 10.2. The van der Waals surface area contributed by atoms with Crippen molar-refractivity contribution in [3.05, 3.63) is 96.1 Å². The van der Waals surface area contributed by atoms with Gasteiger partial charge in [0.1, 0.15) is 12.4 Å². The molecule has 0 heterocycles. The maximum Gasteiger partial charge on any atom is 0.312 e. The zero-order valence-electron chi connectivity index (χ0n) is 27.7. The first kappa shape index (κ1) is 36.7. The number of amides is 1. The van der Waals surface area contributed by atoms with Crippen LogP contribution in [-0.2, 0) is 37.4 Å². The van der Waals surface area contributed by atoms with Crippen molar-refractivity contribution in [1.82, 2.24) is 9.62 Å². The molecular weight excluding hydrogens is 604 g/mol. The fourth-order valence-corrected chi connectivity index (χ4v) is 6.29. The zero-order chi connectivity index (χ0) is 33.9. The number of carbonyl (C=O) groups excluding carboxylic acids is 2. The minimum atomic E-state index is -3.99. The lowest BCUT2D eigenvalue weighted by molar-refractivity contribution is -0.161. The number of aliphatic hydroxyl groups is 1. The van der Waals surface area contributed by atoms with Gasteiger partial charge >= 0.3 is 5.97 Å². The second-order valence-electron chi connectivity index (χ2n) is 12.6. The quantitative estimate of drug-likeness (QED) is 0.192. The van der Waals surface area contributed by atoms with Crippen LogP contribution in [0.15, 0.2) is 89.8 Å². The number of sulfonamides is 1. The van der Waals surface area contributed by atoms with E-state index in [4.69, 9.17) is 9.47 Å². The summed E-state index contributed by atoms with van der Waals surface area (Å²) in [6, 6.07) is 23.9. The third kappa shape index (κ3) is 10.1. The van der Waals surface area contributed by atoms with Crippen molar-refractivity contribution < 1.29 is 32.6 Å². The average Bonchev–Trinajstić information content (AvgIpc) is 3.05. The van der Waals surface area contributed by atoms with E-state index in [1.54, 1.807) is 32.9 Å². The van der Waals surface area contributed by atoms with E-state index in [0.717, 1.165) is 11.1 Å². The number of esters is 1. The predicted octanol–water partition coefficient (Wildman–Crippen LogP) is 5.23. The molecule has 0 spiro atoms. The van der Waals surface area contributed by atoms with Crippen LogP contribution in [0.3, 0.4) is 0 Å². The fraction of sp³-hybridized carbons (Fsp3) is 0.444. The maximum absolute atomic E-state index is 13.8. The molecule has 0 aromatic heterocycles. The van der Waals surface area contributed by atoms with Crippen molar-refractivity contribution >= 4 is 21.9 Å². The Balaban J connectivity index is 1.83. The highest BCUT2D eigenvalue weighted by atomic mass is 32.2. The van der Waals surface area contributed by atoms with E-state index in [2.05, 4.69) is 5.32 Å². The van der Waals surface area contributed by atoms with Crippen molar-refractivity contribution in [2.24, 2.45) is 17.3 Å². The molecule has 0 aliphatic heterocycles. The smallest absolute Gasteiger partial charge is 0.312 e. The molecule has 9 nitrogen and oxygen atoms in total. The van der Waals surface area contributed by atoms with Gasteiger partial charge in [-0.2, -0.15) is 4.31 Å². The molecule has 1 unspecified atom stereocenters. The summed E-state index contributed by atoms with van der Waals surface area (Å²) in [5.74, 6) is -1.05. The number of benzene rings is 3. The first-order valence-corrected chi connectivity index (χ1v) is 17.1. The molecule has 3 aromatic carbocycles. The number of carbonyl (C=O) groups is 2. The lowest BCUT2D eigenvalue weighted by Gasteiger charge is -2.33. The highest BCUT2D eigenvalue weighted by molar-refractivity contribution is 7.89. The molecule has 2 N–H and O–H groups in total. The average molecular weight is 653 g/mol. The Morgan fingerprint density at radius 3 is 2.00 bits per heavy atom. The fourth-order valence-electron chi connectivity index (χ4n) is 4.82. The summed E-state index contributed by atoms with van der Waals surface area (Å²) in [4.78, 5) is 26.9. The summed E-state index contributed by atoms with van der Waals surface area (Å²) >= 11 is 0. The van der Waals surface area contributed by atoms with E-state index in [0.29, 0.717) is 12.2 Å². The number of nitrogens with one attached hydrogen (secondary N) is 1. The topological polar surface area (TPSA) is 122 Å². The van der Waals surface area contributed by atoms with Crippen LogP contribution in [0.2, 0.25) is 0 Å². The molecule has 0 aliphatic carbocycles. The van der Waals surface area contributed by atoms with Crippen LogP contribution >= 0.6 is 0 Å². The van der Waals surface area contributed by atoms with Gasteiger partial charge in [-0.3, -0.25) is 9.59 Å². The Morgan fingerprint density at radius 1 is 0.891 bits per heavy atom. The summed E-state index contributed by atoms with van der Waals surface area (Å²) < 4.78 is 39.6. The van der Waals surface area contributed by atoms with Crippen LogP contribution in [0, 0.1) is 17.3 Å².